The van der Waals surface area contributed by atoms with Gasteiger partial charge in [0.15, 0.2) is 19.2 Å². The third kappa shape index (κ3) is 24.3. The van der Waals surface area contributed by atoms with Gasteiger partial charge in [0.1, 0.15) is 17.2 Å². The summed E-state index contributed by atoms with van der Waals surface area (Å²) in [6.07, 6.45) is 0.265. The fourth-order valence-electron chi connectivity index (χ4n) is 7.35. The lowest BCUT2D eigenvalue weighted by Gasteiger charge is -2.19. The molecule has 0 aliphatic carbocycles. The Kier molecular flexibility index (Phi) is 30.6. The average molecular weight is 1390 g/mol. The minimum Gasteiger partial charge on any atom is -0.481 e. The zero-order valence-corrected chi connectivity index (χ0v) is 53.2. The van der Waals surface area contributed by atoms with E-state index in [1.165, 1.54) is 93.9 Å². The molecule has 0 heterocycles. The monoisotopic (exact) mass is 1390 g/mol. The number of unbranched alkanes of at least 4 members (excludes halogenated alkanes) is 1. The predicted molar refractivity (Wildman–Crippen MR) is 343 cm³/mol. The molecule has 0 radical (unpaired) electrons. The summed E-state index contributed by atoms with van der Waals surface area (Å²) in [4.78, 5) is 132. The Balaban J connectivity index is 0.000000301. The number of Topliss-reactive ketones (excluding diaryl/α,β-unsaturated/α-hetero) is 1. The third-order valence-corrected chi connectivity index (χ3v) is 13.7. The van der Waals surface area contributed by atoms with E-state index >= 15 is 0 Å². The zero-order chi connectivity index (χ0) is 68.2. The van der Waals surface area contributed by atoms with E-state index in [1.54, 1.807) is 30.3 Å². The minimum absolute atomic E-state index is 0.0136. The highest BCUT2D eigenvalue weighted by Crippen LogP contribution is 2.32. The number of amides is 6. The predicted octanol–water partition coefficient (Wildman–Crippen LogP) is 12.6. The van der Waals surface area contributed by atoms with Gasteiger partial charge in [-0.3, -0.25) is 53.5 Å². The van der Waals surface area contributed by atoms with Gasteiger partial charge in [-0.25, -0.2) is 14.4 Å². The summed E-state index contributed by atoms with van der Waals surface area (Å²) >= 11 is 35.7. The fourth-order valence-corrected chi connectivity index (χ4v) is 8.39. The van der Waals surface area contributed by atoms with E-state index in [-0.39, 0.29) is 105 Å². The quantitative estimate of drug-likeness (QED) is 0.0111. The first-order valence-electron chi connectivity index (χ1n) is 26.5. The van der Waals surface area contributed by atoms with Crippen molar-refractivity contribution in [3.63, 3.8) is 0 Å². The van der Waals surface area contributed by atoms with Crippen LogP contribution in [0.15, 0.2) is 122 Å². The number of halogens is 6. The standard InChI is InChI=1S/C24H26Cl2N4O8.C19H17ClN2O5.C17H13Cl3N2O5/c1-29(13-17(31)10-14(23(33)34)4-2-3-9-27)24(35)38-21-8-5-15(25)11-18(21)22(32)28-20-7-6-16(30(36)37)12-19(20)26;1-3-13-5-4-6-15(9-13)21-18(24)16-10-14(20)7-8-17(16)27-19(25)22(2)11-26-12-23;1-22(8-26-9-23)17(25)27-15-5-2-10(18)6-12(15)16(24)21-11-3-4-13(19)14(20)7-11/h5-8,11-12,14H,2-4,9-10,13,27H2,1H3,(H,28,32)(H,33,34);3-10,12H,1,11H2,2H3,(H,21,24);2-7,9H,8H2,1H3,(H,21,24). The van der Waals surface area contributed by atoms with Gasteiger partial charge in [-0.15, -0.1) is 0 Å². The summed E-state index contributed by atoms with van der Waals surface area (Å²) in [5.74, 6) is -4.53. The van der Waals surface area contributed by atoms with Gasteiger partial charge in [-0.2, -0.15) is 0 Å². The first kappa shape index (κ1) is 74.9. The summed E-state index contributed by atoms with van der Waals surface area (Å²) < 4.78 is 24.7. The van der Waals surface area contributed by atoms with Gasteiger partial charge in [-0.1, -0.05) is 101 Å². The molecule has 0 aliphatic heterocycles. The number of nitrogens with two attached hydrogens (primary N) is 1. The van der Waals surface area contributed by atoms with Gasteiger partial charge >= 0.3 is 24.2 Å². The number of nitrogens with one attached hydrogen (secondary N) is 3. The number of carbonyl (C=O) groups is 10. The van der Waals surface area contributed by atoms with E-state index in [2.05, 4.69) is 32.0 Å². The molecule has 0 aromatic heterocycles. The highest BCUT2D eigenvalue weighted by Gasteiger charge is 2.26. The molecule has 6 aromatic carbocycles. The number of nitro groups is 1. The topological polar surface area (TPSA) is 352 Å². The minimum atomic E-state index is -1.11. The van der Waals surface area contributed by atoms with E-state index < -0.39 is 65.1 Å². The molecular formula is C60H56Cl6N8O18. The van der Waals surface area contributed by atoms with E-state index in [0.717, 1.165) is 32.4 Å². The molecule has 0 fully saturated rings. The van der Waals surface area contributed by atoms with Crippen molar-refractivity contribution in [2.75, 3.05) is 63.6 Å². The maximum atomic E-state index is 12.9. The molecule has 6 rings (SSSR count). The Bertz CT molecular complexity index is 3710. The fraction of sp³-hybridized carbons (Fsp3) is 0.200. The molecule has 0 aliphatic rings. The van der Waals surface area contributed by atoms with Crippen molar-refractivity contribution in [3.8, 4) is 17.2 Å². The maximum absolute atomic E-state index is 12.9. The third-order valence-electron chi connectivity index (χ3n) is 12.0. The number of rotatable bonds is 26. The summed E-state index contributed by atoms with van der Waals surface area (Å²) in [7, 11) is 4.02. The lowest BCUT2D eigenvalue weighted by Crippen LogP contribution is -2.35. The van der Waals surface area contributed by atoms with Crippen LogP contribution in [0.5, 0.6) is 17.2 Å². The maximum Gasteiger partial charge on any atom is 0.417 e. The Hall–Kier alpha value is -9.54. The molecule has 6 N–H and O–H groups in total. The van der Waals surface area contributed by atoms with Crippen LogP contribution in [0.3, 0.4) is 0 Å². The molecular weight excluding hydrogens is 1330 g/mol. The van der Waals surface area contributed by atoms with Crippen LogP contribution >= 0.6 is 69.6 Å². The van der Waals surface area contributed by atoms with Gasteiger partial charge in [0.05, 0.1) is 54.8 Å². The van der Waals surface area contributed by atoms with Gasteiger partial charge in [0.25, 0.3) is 36.4 Å². The molecule has 32 heteroatoms. The molecule has 1 atom stereocenters. The number of benzene rings is 6. The number of carboxylic acids is 1. The van der Waals surface area contributed by atoms with Crippen molar-refractivity contribution in [3.05, 3.63) is 184 Å². The second kappa shape index (κ2) is 37.6. The first-order chi connectivity index (χ1) is 43.7. The summed E-state index contributed by atoms with van der Waals surface area (Å²) in [5.41, 5.74) is 6.94. The number of ether oxygens (including phenoxy) is 5. The Labute approximate surface area is 555 Å². The van der Waals surface area contributed by atoms with Crippen molar-refractivity contribution >= 4 is 159 Å². The molecule has 0 spiro atoms. The van der Waals surface area contributed by atoms with Gasteiger partial charge in [-0.05, 0) is 116 Å². The lowest BCUT2D eigenvalue weighted by molar-refractivity contribution is -0.384. The van der Waals surface area contributed by atoms with Crippen LogP contribution < -0.4 is 35.9 Å². The smallest absolute Gasteiger partial charge is 0.417 e. The number of nitrogens with zero attached hydrogens (tertiary/aromatic N) is 4. The second-order valence-electron chi connectivity index (χ2n) is 18.9. The zero-order valence-electron chi connectivity index (χ0n) is 48.7. The summed E-state index contributed by atoms with van der Waals surface area (Å²) in [5, 5.41) is 29.3. The van der Waals surface area contributed by atoms with Gasteiger partial charge in [0, 0.05) is 66.1 Å². The number of non-ortho nitro benzene ring substituents is 1. The molecule has 6 aromatic rings. The van der Waals surface area contributed by atoms with Crippen LogP contribution in [0.25, 0.3) is 6.08 Å². The normalized spacial score (nSPS) is 10.5. The van der Waals surface area contributed by atoms with Crippen LogP contribution in [-0.4, -0.2) is 133 Å². The number of aliphatic carboxylic acids is 1. The molecule has 92 heavy (non-hydrogen) atoms. The van der Waals surface area contributed by atoms with Gasteiger partial charge in [0.2, 0.25) is 0 Å². The summed E-state index contributed by atoms with van der Waals surface area (Å²) in [6, 6.07) is 27.5. The van der Waals surface area contributed by atoms with E-state index in [0.29, 0.717) is 40.8 Å². The van der Waals surface area contributed by atoms with Crippen molar-refractivity contribution in [1.29, 1.82) is 0 Å². The molecule has 0 bridgehead atoms. The Morgan fingerprint density at radius 2 is 1.08 bits per heavy atom. The molecule has 26 nitrogen and oxygen atoms in total. The van der Waals surface area contributed by atoms with Crippen LogP contribution in [-0.2, 0) is 28.7 Å². The first-order valence-corrected chi connectivity index (χ1v) is 28.7. The Morgan fingerprint density at radius 3 is 1.51 bits per heavy atom. The van der Waals surface area contributed by atoms with Crippen molar-refractivity contribution in [1.82, 2.24) is 14.7 Å². The number of carboxylic acid groups (broad SMARTS) is 1. The van der Waals surface area contributed by atoms with Crippen molar-refractivity contribution < 1.29 is 81.7 Å². The number of anilines is 3. The summed E-state index contributed by atoms with van der Waals surface area (Å²) in [6.45, 7) is 3.51. The SMILES string of the molecule is C=Cc1cccc(NC(=O)c2cc(Cl)ccc2OC(=O)N(C)COC=O)c1.CN(CC(=O)CC(CCCCN)C(=O)O)C(=O)Oc1ccc(Cl)cc1C(=O)Nc1ccc([N+](=O)[O-])cc1Cl.CN(COC=O)C(=O)Oc1ccc(Cl)cc1C(=O)Nc1ccc(Cl)c(Cl)c1. The highest BCUT2D eigenvalue weighted by atomic mass is 35.5. The van der Waals surface area contributed by atoms with Crippen LogP contribution in [0.2, 0.25) is 30.1 Å². The van der Waals surface area contributed by atoms with Crippen molar-refractivity contribution in [2.45, 2.75) is 25.7 Å². The van der Waals surface area contributed by atoms with E-state index in [9.17, 15) is 63.2 Å². The van der Waals surface area contributed by atoms with Crippen LogP contribution in [0, 0.1) is 16.0 Å². The van der Waals surface area contributed by atoms with E-state index in [1.807, 2.05) is 6.07 Å². The number of hydrogen-bond acceptors (Lipinski definition) is 18. The number of carbonyl (C=O) groups excluding carboxylic acids is 9. The Morgan fingerprint density at radius 1 is 0.598 bits per heavy atom. The number of hydrogen-bond donors (Lipinski definition) is 5. The average Bonchev–Trinajstić information content (AvgIpc) is 0.898. The van der Waals surface area contributed by atoms with Crippen LogP contribution in [0.4, 0.5) is 37.1 Å². The van der Waals surface area contributed by atoms with E-state index in [4.69, 9.17) is 89.5 Å². The largest absolute Gasteiger partial charge is 0.481 e. The number of likely N-dealkylation sites (N-methyl/N-ethyl adjacent to an activating group) is 1. The van der Waals surface area contributed by atoms with Crippen molar-refractivity contribution in [2.24, 2.45) is 11.7 Å². The second-order valence-corrected chi connectivity index (χ2v) is 21.4. The molecule has 486 valence electrons. The molecule has 1 unspecified atom stereocenters. The van der Waals surface area contributed by atoms with Crippen LogP contribution in [0.1, 0.15) is 62.3 Å². The molecule has 0 saturated carbocycles. The number of nitro benzene ring substituents is 1. The molecule has 0 saturated heterocycles. The molecule has 6 amide bonds. The highest BCUT2D eigenvalue weighted by molar-refractivity contribution is 6.42. The van der Waals surface area contributed by atoms with Gasteiger partial charge < -0.3 is 55.4 Å². The number of ketones is 1. The lowest BCUT2D eigenvalue weighted by atomic mass is 9.96.